The first-order valence-electron chi connectivity index (χ1n) is 9.81. The molecule has 0 amide bonds. The number of halogens is 2. The number of thiol groups is 1. The van der Waals surface area contributed by atoms with E-state index >= 15 is 0 Å². The number of guanidine groups is 1. The third-order valence-electron chi connectivity index (χ3n) is 5.34. The van der Waals surface area contributed by atoms with Crippen LogP contribution >= 0.6 is 35.8 Å². The maximum Gasteiger partial charge on any atom is 0.327 e. The summed E-state index contributed by atoms with van der Waals surface area (Å²) in [6.07, 6.45) is 0. The minimum absolute atomic E-state index is 0.000522. The van der Waals surface area contributed by atoms with Crippen LogP contribution in [0.25, 0.3) is 0 Å². The van der Waals surface area contributed by atoms with Gasteiger partial charge >= 0.3 is 5.96 Å². The van der Waals surface area contributed by atoms with Crippen LogP contribution in [0.1, 0.15) is 26.3 Å². The summed E-state index contributed by atoms with van der Waals surface area (Å²) in [7, 11) is -8.44. The summed E-state index contributed by atoms with van der Waals surface area (Å²) < 4.78 is 59.0. The number of sulfonamides is 2. The largest absolute Gasteiger partial charge is 0.327 e. The molecule has 1 N–H and O–H groups in total. The minimum Gasteiger partial charge on any atom is -0.258 e. The van der Waals surface area contributed by atoms with Crippen LogP contribution in [0.15, 0.2) is 55.5 Å². The Bertz CT molecular complexity index is 1220. The van der Waals surface area contributed by atoms with Gasteiger partial charge in [-0.15, -0.1) is 12.6 Å². The summed E-state index contributed by atoms with van der Waals surface area (Å²) in [6, 6.07) is 8.31. The van der Waals surface area contributed by atoms with Crippen LogP contribution in [0.2, 0.25) is 10.0 Å². The molecule has 0 bridgehead atoms. The van der Waals surface area contributed by atoms with Gasteiger partial charge in [-0.2, -0.15) is 8.42 Å². The first-order valence-corrected chi connectivity index (χ1v) is 13.9. The lowest BCUT2D eigenvalue weighted by atomic mass is 10.2. The van der Waals surface area contributed by atoms with E-state index < -0.39 is 20.0 Å². The van der Waals surface area contributed by atoms with Crippen LogP contribution in [0, 0.1) is 6.92 Å². The van der Waals surface area contributed by atoms with Crippen LogP contribution < -0.4 is 4.72 Å². The van der Waals surface area contributed by atoms with E-state index in [1.54, 1.807) is 6.92 Å². The van der Waals surface area contributed by atoms with E-state index in [4.69, 9.17) is 23.2 Å². The average Bonchev–Trinajstić information content (AvgIpc) is 2.72. The van der Waals surface area contributed by atoms with Crippen LogP contribution in [-0.2, 0) is 20.0 Å². The van der Waals surface area contributed by atoms with E-state index in [0.29, 0.717) is 35.2 Å². The third-order valence-corrected chi connectivity index (χ3v) is 9.17. The molecule has 0 radical (unpaired) electrons. The van der Waals surface area contributed by atoms with Crippen molar-refractivity contribution in [2.45, 2.75) is 42.4 Å². The molecule has 0 fully saturated rings. The molecular formula is C20H26Cl2N3O4S3+. The molecule has 0 spiro atoms. The molecule has 2 aromatic carbocycles. The Balaban J connectivity index is 2.69. The molecule has 0 saturated heterocycles. The maximum absolute atomic E-state index is 13.3. The highest BCUT2D eigenvalue weighted by molar-refractivity contribution is 7.91. The second-order valence-corrected chi connectivity index (χ2v) is 11.7. The fourth-order valence-electron chi connectivity index (χ4n) is 3.13. The van der Waals surface area contributed by atoms with Gasteiger partial charge in [-0.1, -0.05) is 27.6 Å². The molecule has 2 aromatic rings. The number of quaternary nitrogens is 1. The molecular weight excluding hydrogens is 513 g/mol. The Hall–Kier alpha value is -1.30. The van der Waals surface area contributed by atoms with Crippen molar-refractivity contribution < 1.29 is 21.3 Å². The molecule has 0 atom stereocenters. The molecule has 0 aliphatic rings. The predicted molar refractivity (Wildman–Crippen MR) is 132 cm³/mol. The average molecular weight is 540 g/mol. The van der Waals surface area contributed by atoms with Crippen molar-refractivity contribution >= 4 is 61.8 Å². The summed E-state index contributed by atoms with van der Waals surface area (Å²) >= 11 is 16.2. The second-order valence-electron chi connectivity index (χ2n) is 7.11. The van der Waals surface area contributed by atoms with Crippen molar-refractivity contribution in [3.63, 3.8) is 0 Å². The molecule has 2 rings (SSSR count). The Morgan fingerprint density at radius 1 is 1.00 bits per heavy atom. The molecule has 176 valence electrons. The van der Waals surface area contributed by atoms with Gasteiger partial charge in [0.15, 0.2) is 0 Å². The second kappa shape index (κ2) is 10.3. The zero-order valence-electron chi connectivity index (χ0n) is 18.1. The van der Waals surface area contributed by atoms with Crippen molar-refractivity contribution in [2.75, 3.05) is 19.6 Å². The topological polar surface area (TPSA) is 92.7 Å². The molecule has 12 heteroatoms. The zero-order chi connectivity index (χ0) is 24.3. The molecule has 0 saturated carbocycles. The molecule has 0 unspecified atom stereocenters. The Morgan fingerprint density at radius 2 is 1.53 bits per heavy atom. The van der Waals surface area contributed by atoms with E-state index in [0.717, 1.165) is 0 Å². The Labute approximate surface area is 205 Å². The van der Waals surface area contributed by atoms with Crippen LogP contribution in [0.5, 0.6) is 0 Å². The quantitative estimate of drug-likeness (QED) is 0.235. The summed E-state index contributed by atoms with van der Waals surface area (Å²) in [5.74, 6) is -0.201. The first kappa shape index (κ1) is 26.9. The van der Waals surface area contributed by atoms with E-state index in [1.807, 2.05) is 20.8 Å². The van der Waals surface area contributed by atoms with Gasteiger partial charge in [0.05, 0.1) is 24.5 Å². The highest BCUT2D eigenvalue weighted by Gasteiger charge is 2.36. The van der Waals surface area contributed by atoms with Crippen molar-refractivity contribution in [3.8, 4) is 0 Å². The normalized spacial score (nSPS) is 13.3. The van der Waals surface area contributed by atoms with E-state index in [1.165, 1.54) is 36.4 Å². The van der Waals surface area contributed by atoms with E-state index in [-0.39, 0.29) is 25.1 Å². The van der Waals surface area contributed by atoms with Gasteiger partial charge in [-0.05, 0) is 69.7 Å². The van der Waals surface area contributed by atoms with Gasteiger partial charge in [0.1, 0.15) is 4.90 Å². The lowest BCUT2D eigenvalue weighted by Crippen LogP contribution is -2.59. The maximum atomic E-state index is 13.3. The third kappa shape index (κ3) is 5.78. The van der Waals surface area contributed by atoms with Gasteiger partial charge in [0.2, 0.25) is 0 Å². The standard InChI is InChI=1S/C20H25Cl2N3O4S3/c1-5-25(6-2,7-3)20(23-31(26,27)16-10-8-15(21)9-11-16)24-32(28,29)19-12-14(4)17(22)13-18(19)30/h8-13H,5-7H2,1-4H3,(H-,23,24,30)/p+1. The summed E-state index contributed by atoms with van der Waals surface area (Å²) in [5, 5.41) is 0.739. The highest BCUT2D eigenvalue weighted by atomic mass is 35.5. The molecule has 0 aromatic heterocycles. The summed E-state index contributed by atoms with van der Waals surface area (Å²) in [6.45, 7) is 8.42. The van der Waals surface area contributed by atoms with Gasteiger partial charge in [-0.3, -0.25) is 4.48 Å². The van der Waals surface area contributed by atoms with Gasteiger partial charge < -0.3 is 0 Å². The zero-order valence-corrected chi connectivity index (χ0v) is 22.2. The fraction of sp³-hybridized carbons (Fsp3) is 0.350. The van der Waals surface area contributed by atoms with Crippen LogP contribution in [0.4, 0.5) is 0 Å². The van der Waals surface area contributed by atoms with Crippen molar-refractivity contribution in [3.05, 3.63) is 52.0 Å². The SMILES string of the molecule is CC[N+](CC)(CC)C(=NS(=O)(=O)c1ccc(Cl)cc1)NS(=O)(=O)c1cc(C)c(Cl)cc1S. The first-order chi connectivity index (χ1) is 14.8. The number of nitrogens with one attached hydrogen (secondary N) is 1. The van der Waals surface area contributed by atoms with Gasteiger partial charge in [-0.25, -0.2) is 13.1 Å². The number of nitrogens with zero attached hydrogens (tertiary/aromatic N) is 2. The lowest BCUT2D eigenvalue weighted by molar-refractivity contribution is -0.837. The summed E-state index contributed by atoms with van der Waals surface area (Å²) in [5.41, 5.74) is 0.541. The van der Waals surface area contributed by atoms with Gasteiger partial charge in [0.25, 0.3) is 20.0 Å². The molecule has 32 heavy (non-hydrogen) atoms. The van der Waals surface area contributed by atoms with Gasteiger partial charge in [0, 0.05) is 14.9 Å². The van der Waals surface area contributed by atoms with E-state index in [2.05, 4.69) is 21.7 Å². The van der Waals surface area contributed by atoms with Crippen LogP contribution in [0.3, 0.4) is 0 Å². The number of aryl methyl sites for hydroxylation is 1. The minimum atomic E-state index is -4.22. The van der Waals surface area contributed by atoms with Crippen molar-refractivity contribution in [2.24, 2.45) is 4.40 Å². The molecule has 0 aliphatic carbocycles. The number of rotatable bonds is 7. The summed E-state index contributed by atoms with van der Waals surface area (Å²) in [4.78, 5) is -0.0893. The van der Waals surface area contributed by atoms with Crippen molar-refractivity contribution in [1.82, 2.24) is 4.72 Å². The number of hydrogen-bond acceptors (Lipinski definition) is 5. The molecule has 0 heterocycles. The predicted octanol–water partition coefficient (Wildman–Crippen LogP) is 4.49. The number of benzene rings is 2. The number of hydrogen-bond donors (Lipinski definition) is 2. The fourth-order valence-corrected chi connectivity index (χ4v) is 6.40. The smallest absolute Gasteiger partial charge is 0.258 e. The molecule has 7 nitrogen and oxygen atoms in total. The molecule has 0 aliphatic heterocycles. The Morgan fingerprint density at radius 3 is 2.03 bits per heavy atom. The highest BCUT2D eigenvalue weighted by Crippen LogP contribution is 2.27. The Kier molecular flexibility index (Phi) is 8.69. The lowest BCUT2D eigenvalue weighted by Gasteiger charge is -2.35. The van der Waals surface area contributed by atoms with E-state index in [9.17, 15) is 16.8 Å². The monoisotopic (exact) mass is 538 g/mol. The van der Waals surface area contributed by atoms with Crippen LogP contribution in [-0.4, -0.2) is 46.9 Å². The van der Waals surface area contributed by atoms with Crippen molar-refractivity contribution in [1.29, 1.82) is 0 Å².